The Kier molecular flexibility index (Phi) is 13.9. The summed E-state index contributed by atoms with van der Waals surface area (Å²) in [7, 11) is 0. The molecular weight excluding hydrogens is 823 g/mol. The predicted molar refractivity (Wildman–Crippen MR) is 246 cm³/mol. The van der Waals surface area contributed by atoms with Gasteiger partial charge in [-0.15, -0.1) is 13.2 Å². The van der Waals surface area contributed by atoms with Gasteiger partial charge in [0.2, 0.25) is 0 Å². The van der Waals surface area contributed by atoms with Gasteiger partial charge in [-0.05, 0) is 115 Å². The maximum atomic E-state index is 13.0. The van der Waals surface area contributed by atoms with Crippen LogP contribution in [-0.2, 0) is 24.8 Å². The van der Waals surface area contributed by atoms with E-state index in [-0.39, 0.29) is 23.0 Å². The lowest BCUT2D eigenvalue weighted by molar-refractivity contribution is -0.274. The quantitative estimate of drug-likeness (QED) is 0.134. The van der Waals surface area contributed by atoms with Gasteiger partial charge in [0.15, 0.2) is 0 Å². The second kappa shape index (κ2) is 19.5. The zero-order valence-electron chi connectivity index (χ0n) is 36.2. The summed E-state index contributed by atoms with van der Waals surface area (Å²) in [6.45, 7) is 13.0. The third-order valence-electron chi connectivity index (χ3n) is 11.3. The van der Waals surface area contributed by atoms with Crippen LogP contribution in [0.1, 0.15) is 91.8 Å². The van der Waals surface area contributed by atoms with Crippen molar-refractivity contribution in [2.75, 3.05) is 23.3 Å². The molecule has 63 heavy (non-hydrogen) atoms. The Balaban J connectivity index is 0.000000212. The van der Waals surface area contributed by atoms with Gasteiger partial charge in [0.1, 0.15) is 29.2 Å². The number of anilines is 2. The number of benzene rings is 4. The van der Waals surface area contributed by atoms with Crippen LogP contribution in [0.3, 0.4) is 0 Å². The maximum Gasteiger partial charge on any atom is 0.573 e. The monoisotopic (exact) mass is 875 g/mol. The molecule has 1 fully saturated rings. The number of piperidine rings is 1. The number of hydrogen-bond acceptors (Lipinski definition) is 7. The summed E-state index contributed by atoms with van der Waals surface area (Å²) in [6.07, 6.45) is 2.04. The van der Waals surface area contributed by atoms with Crippen molar-refractivity contribution < 1.29 is 22.7 Å². The second-order valence-electron chi connectivity index (χ2n) is 17.0. The molecule has 1 amide bonds. The first-order valence-electron chi connectivity index (χ1n) is 21.3. The number of aromatic nitrogens is 4. The fraction of sp³-hybridized carbons (Fsp3) is 0.320. The van der Waals surface area contributed by atoms with Gasteiger partial charge in [-0.25, -0.2) is 15.0 Å². The fourth-order valence-corrected chi connectivity index (χ4v) is 8.12. The lowest BCUT2D eigenvalue weighted by Gasteiger charge is -2.34. The number of nitrogens with zero attached hydrogens (tertiary/aromatic N) is 5. The van der Waals surface area contributed by atoms with Crippen molar-refractivity contribution in [1.29, 1.82) is 0 Å². The number of nitrogens with one attached hydrogen (secondary N) is 2. The largest absolute Gasteiger partial charge is 0.573 e. The van der Waals surface area contributed by atoms with Crippen molar-refractivity contribution in [1.82, 2.24) is 24.7 Å². The third kappa shape index (κ3) is 11.7. The molecule has 0 spiro atoms. The molecule has 1 aliphatic heterocycles. The first kappa shape index (κ1) is 44.9. The molecule has 0 bridgehead atoms. The lowest BCUT2D eigenvalue weighted by atomic mass is 9.86. The molecule has 9 nitrogen and oxygen atoms in total. The summed E-state index contributed by atoms with van der Waals surface area (Å²) < 4.78 is 42.9. The van der Waals surface area contributed by atoms with E-state index >= 15 is 0 Å². The number of halogens is 4. The van der Waals surface area contributed by atoms with E-state index < -0.39 is 6.36 Å². The van der Waals surface area contributed by atoms with Crippen molar-refractivity contribution in [2.45, 2.75) is 90.6 Å². The topological polar surface area (TPSA) is 96.7 Å². The van der Waals surface area contributed by atoms with E-state index in [0.717, 1.165) is 71.6 Å². The van der Waals surface area contributed by atoms with Crippen LogP contribution >= 0.6 is 11.6 Å². The predicted octanol–water partition coefficient (Wildman–Crippen LogP) is 11.7. The van der Waals surface area contributed by atoms with Gasteiger partial charge in [-0.3, -0.25) is 9.20 Å². The molecule has 1 saturated heterocycles. The minimum absolute atomic E-state index is 0.197. The second-order valence-corrected chi connectivity index (χ2v) is 17.4. The van der Waals surface area contributed by atoms with Crippen LogP contribution in [0.5, 0.6) is 5.75 Å². The molecule has 4 heterocycles. The molecule has 0 saturated carbocycles. The van der Waals surface area contributed by atoms with Gasteiger partial charge in [0.05, 0.1) is 16.2 Å². The molecule has 13 heteroatoms. The number of fused-ring (bicyclic) bond motifs is 2. The summed E-state index contributed by atoms with van der Waals surface area (Å²) in [5, 5.41) is 8.12. The van der Waals surface area contributed by atoms with Crippen LogP contribution in [0.4, 0.5) is 24.7 Å². The van der Waals surface area contributed by atoms with Crippen LogP contribution in [0, 0.1) is 0 Å². The highest BCUT2D eigenvalue weighted by atomic mass is 35.5. The number of para-hydroxylation sites is 1. The van der Waals surface area contributed by atoms with Crippen LogP contribution in [0.25, 0.3) is 16.6 Å². The fourth-order valence-electron chi connectivity index (χ4n) is 7.96. The zero-order valence-corrected chi connectivity index (χ0v) is 37.0. The molecule has 2 N–H and O–H groups in total. The van der Waals surface area contributed by atoms with Crippen LogP contribution in [-0.4, -0.2) is 50.8 Å². The average molecular weight is 876 g/mol. The van der Waals surface area contributed by atoms with E-state index in [1.807, 2.05) is 37.3 Å². The number of hydrogen-bond donors (Lipinski definition) is 2. The molecule has 1 aliphatic rings. The number of aryl methyl sites for hydroxylation is 1. The van der Waals surface area contributed by atoms with E-state index in [2.05, 4.69) is 105 Å². The third-order valence-corrected chi connectivity index (χ3v) is 11.6. The first-order chi connectivity index (χ1) is 30.1. The summed E-state index contributed by atoms with van der Waals surface area (Å²) in [6, 6.07) is 35.2. The van der Waals surface area contributed by atoms with E-state index in [0.29, 0.717) is 35.4 Å². The molecular formula is C50H53ClF3N7O2. The molecule has 0 radical (unpaired) electrons. The standard InChI is InChI=1S/C29H28ClF3N4O2.C21H25N3/c1-2-25-27(37-18-22(30)7-12-26(37)35-25)28(38)34-17-19-3-8-23(9-4-19)36-15-13-21(14-16-36)20-5-10-24(11-6-20)39-29(31,32)33;1-15(13-16-9-11-17(12-10-16)21(2,3)4)24-20-18-7-5-6-8-19(18)22-14-23-20/h3-12,18,21H,2,13-17H2,1H3,(H,34,38);5-12,14-15H,13H2,1-4H3,(H,22,23,24). The average Bonchev–Trinajstić information content (AvgIpc) is 3.64. The molecule has 1 unspecified atom stereocenters. The molecule has 0 aliphatic carbocycles. The Bertz CT molecular complexity index is 2610. The number of carbonyl (C=O) groups excluding carboxylic acids is 1. The Hall–Kier alpha value is -6.14. The van der Waals surface area contributed by atoms with E-state index in [1.54, 1.807) is 41.2 Å². The van der Waals surface area contributed by atoms with Crippen molar-refractivity contribution >= 4 is 45.6 Å². The molecule has 4 aromatic carbocycles. The smallest absolute Gasteiger partial charge is 0.406 e. The van der Waals surface area contributed by atoms with Gasteiger partial charge in [0, 0.05) is 42.9 Å². The van der Waals surface area contributed by atoms with E-state index in [4.69, 9.17) is 11.6 Å². The number of amides is 1. The van der Waals surface area contributed by atoms with Gasteiger partial charge in [0.25, 0.3) is 5.91 Å². The number of imidazole rings is 1. The summed E-state index contributed by atoms with van der Waals surface area (Å²) in [5.41, 5.74) is 8.87. The maximum absolute atomic E-state index is 13.0. The Morgan fingerprint density at radius 2 is 1.56 bits per heavy atom. The van der Waals surface area contributed by atoms with Gasteiger partial charge in [-0.2, -0.15) is 0 Å². The zero-order chi connectivity index (χ0) is 44.7. The minimum Gasteiger partial charge on any atom is -0.406 e. The minimum atomic E-state index is -4.68. The van der Waals surface area contributed by atoms with Crippen LogP contribution in [0.15, 0.2) is 122 Å². The SMILES string of the molecule is CC(Cc1ccc(C(C)(C)C)cc1)Nc1ncnc2ccccc12.CCc1nc2ccc(Cl)cn2c1C(=O)NCc1ccc(N2CCC(c3ccc(OC(F)(F)F)cc3)CC2)cc1. The molecule has 328 valence electrons. The number of pyridine rings is 1. The Morgan fingerprint density at radius 1 is 0.873 bits per heavy atom. The van der Waals surface area contributed by atoms with E-state index in [1.165, 1.54) is 23.3 Å². The highest BCUT2D eigenvalue weighted by Gasteiger charge is 2.31. The van der Waals surface area contributed by atoms with Gasteiger partial charge >= 0.3 is 6.36 Å². The highest BCUT2D eigenvalue weighted by Crippen LogP contribution is 2.33. The number of ether oxygens (including phenoxy) is 1. The number of carbonyl (C=O) groups is 1. The first-order valence-corrected chi connectivity index (χ1v) is 21.7. The van der Waals surface area contributed by atoms with Crippen molar-refractivity contribution in [3.05, 3.63) is 160 Å². The van der Waals surface area contributed by atoms with Crippen LogP contribution < -0.4 is 20.3 Å². The molecule has 8 rings (SSSR count). The number of rotatable bonds is 11. The lowest BCUT2D eigenvalue weighted by Crippen LogP contribution is -2.32. The number of alkyl halides is 3. The summed E-state index contributed by atoms with van der Waals surface area (Å²) >= 11 is 6.14. The van der Waals surface area contributed by atoms with Gasteiger partial charge < -0.3 is 20.3 Å². The van der Waals surface area contributed by atoms with Crippen molar-refractivity contribution in [2.24, 2.45) is 0 Å². The van der Waals surface area contributed by atoms with Gasteiger partial charge in [-0.1, -0.05) is 100.0 Å². The molecule has 7 aromatic rings. The normalized spacial score (nSPS) is 14.0. The van der Waals surface area contributed by atoms with Crippen molar-refractivity contribution in [3.63, 3.8) is 0 Å². The molecule has 3 aromatic heterocycles. The molecule has 1 atom stereocenters. The summed E-state index contributed by atoms with van der Waals surface area (Å²) in [5.74, 6) is 0.789. The Labute approximate surface area is 371 Å². The van der Waals surface area contributed by atoms with E-state index in [9.17, 15) is 18.0 Å². The highest BCUT2D eigenvalue weighted by molar-refractivity contribution is 6.30. The summed E-state index contributed by atoms with van der Waals surface area (Å²) in [4.78, 5) is 28.6. The van der Waals surface area contributed by atoms with Crippen molar-refractivity contribution in [3.8, 4) is 5.75 Å². The Morgan fingerprint density at radius 3 is 2.22 bits per heavy atom. The van der Waals surface area contributed by atoms with Crippen LogP contribution in [0.2, 0.25) is 5.02 Å².